The normalized spacial score (nSPS) is 15.9. The van der Waals surface area contributed by atoms with Gasteiger partial charge in [-0.05, 0) is 48.3 Å². The molecule has 2 heteroatoms. The smallest absolute Gasteiger partial charge is 0.199 e. The summed E-state index contributed by atoms with van der Waals surface area (Å²) in [6, 6.07) is 8.61. The van der Waals surface area contributed by atoms with Gasteiger partial charge in [0.05, 0.1) is 6.61 Å². The maximum absolute atomic E-state index is 6.20. The Hall–Kier alpha value is -1.02. The van der Waals surface area contributed by atoms with Crippen molar-refractivity contribution in [2.24, 2.45) is 11.8 Å². The molecule has 182 valence electrons. The maximum Gasteiger partial charge on any atom is 0.199 e. The second-order valence-corrected chi connectivity index (χ2v) is 9.29. The number of rotatable bonds is 11. The van der Waals surface area contributed by atoms with Crippen molar-refractivity contribution < 1.29 is 9.47 Å². The first kappa shape index (κ1) is 30.0. The molecule has 0 bridgehead atoms. The zero-order valence-electron chi connectivity index (χ0n) is 22.2. The molecule has 2 atom stereocenters. The molecule has 1 aliphatic carbocycles. The molecule has 0 saturated heterocycles. The van der Waals surface area contributed by atoms with Gasteiger partial charge in [0.2, 0.25) is 0 Å². The molecule has 31 heavy (non-hydrogen) atoms. The van der Waals surface area contributed by atoms with E-state index in [1.165, 1.54) is 63.4 Å². The lowest BCUT2D eigenvalue weighted by Crippen LogP contribution is -2.23. The standard InChI is InChI=1S/C24H40O2.C3H8.C2H6/c1-5-20(4)22-14-16-23(17-15-22)26-24(25-18-19(2)3)13-9-12-21-10-7-6-8-11-21;1-3-2;1-2/h14-17,19-21,24H,5-13,18H2,1-4H3;3H2,1-2H3;1-2H3. The van der Waals surface area contributed by atoms with E-state index in [4.69, 9.17) is 9.47 Å². The monoisotopic (exact) mass is 434 g/mol. The van der Waals surface area contributed by atoms with Crippen molar-refractivity contribution in [1.82, 2.24) is 0 Å². The van der Waals surface area contributed by atoms with E-state index in [-0.39, 0.29) is 6.29 Å². The van der Waals surface area contributed by atoms with E-state index in [1.54, 1.807) is 0 Å². The van der Waals surface area contributed by atoms with Crippen LogP contribution in [0.2, 0.25) is 0 Å². The Bertz CT molecular complexity index is 488. The van der Waals surface area contributed by atoms with Crippen LogP contribution in [-0.2, 0) is 4.74 Å². The molecule has 2 rings (SSSR count). The van der Waals surface area contributed by atoms with Crippen LogP contribution in [0.1, 0.15) is 131 Å². The Kier molecular flexibility index (Phi) is 19.0. The van der Waals surface area contributed by atoms with Gasteiger partial charge >= 0.3 is 0 Å². The van der Waals surface area contributed by atoms with Crippen LogP contribution in [0, 0.1) is 11.8 Å². The lowest BCUT2D eigenvalue weighted by atomic mass is 9.86. The minimum atomic E-state index is -0.115. The van der Waals surface area contributed by atoms with Crippen molar-refractivity contribution in [2.75, 3.05) is 6.61 Å². The third-order valence-corrected chi connectivity index (χ3v) is 5.72. The van der Waals surface area contributed by atoms with E-state index in [1.807, 2.05) is 13.8 Å². The summed E-state index contributed by atoms with van der Waals surface area (Å²) in [5.74, 6) is 3.01. The number of benzene rings is 1. The van der Waals surface area contributed by atoms with Gasteiger partial charge in [-0.25, -0.2) is 0 Å². The Morgan fingerprint density at radius 3 is 2.00 bits per heavy atom. The largest absolute Gasteiger partial charge is 0.465 e. The highest BCUT2D eigenvalue weighted by Gasteiger charge is 2.16. The van der Waals surface area contributed by atoms with Crippen molar-refractivity contribution in [3.63, 3.8) is 0 Å². The molecule has 0 radical (unpaired) electrons. The van der Waals surface area contributed by atoms with Crippen LogP contribution in [0.4, 0.5) is 0 Å². The summed E-state index contributed by atoms with van der Waals surface area (Å²) in [5.41, 5.74) is 1.39. The van der Waals surface area contributed by atoms with Gasteiger partial charge in [-0.15, -0.1) is 0 Å². The molecule has 0 N–H and O–H groups in total. The van der Waals surface area contributed by atoms with Crippen molar-refractivity contribution >= 4 is 0 Å². The van der Waals surface area contributed by atoms with Gasteiger partial charge in [-0.1, -0.05) is 112 Å². The van der Waals surface area contributed by atoms with Gasteiger partial charge in [0.15, 0.2) is 6.29 Å². The highest BCUT2D eigenvalue weighted by atomic mass is 16.7. The van der Waals surface area contributed by atoms with Gasteiger partial charge in [-0.3, -0.25) is 0 Å². The molecule has 0 aromatic heterocycles. The molecule has 1 fully saturated rings. The van der Waals surface area contributed by atoms with Gasteiger partial charge in [0.1, 0.15) is 5.75 Å². The molecule has 1 saturated carbocycles. The lowest BCUT2D eigenvalue weighted by molar-refractivity contribution is -0.0941. The van der Waals surface area contributed by atoms with E-state index in [2.05, 4.69) is 65.8 Å². The molecule has 1 aromatic rings. The molecule has 2 nitrogen and oxygen atoms in total. The molecule has 0 spiro atoms. The predicted octanol–water partition coefficient (Wildman–Crippen LogP) is 9.77. The van der Waals surface area contributed by atoms with E-state index in [0.717, 1.165) is 24.7 Å². The average molecular weight is 435 g/mol. The summed E-state index contributed by atoms with van der Waals surface area (Å²) in [5, 5.41) is 0. The first-order chi connectivity index (χ1) is 15.0. The van der Waals surface area contributed by atoms with E-state index in [0.29, 0.717) is 11.8 Å². The summed E-state index contributed by atoms with van der Waals surface area (Å²) >= 11 is 0. The first-order valence-electron chi connectivity index (χ1n) is 13.4. The zero-order chi connectivity index (χ0) is 23.5. The number of ether oxygens (including phenoxy) is 2. The van der Waals surface area contributed by atoms with Crippen LogP contribution in [-0.4, -0.2) is 12.9 Å². The summed E-state index contributed by atoms with van der Waals surface area (Å²) in [7, 11) is 0. The minimum absolute atomic E-state index is 0.115. The van der Waals surface area contributed by atoms with Crippen LogP contribution in [0.5, 0.6) is 5.75 Å². The maximum atomic E-state index is 6.20. The fourth-order valence-electron chi connectivity index (χ4n) is 3.79. The fraction of sp³-hybridized carbons (Fsp3) is 0.793. The Balaban J connectivity index is 0.00000165. The van der Waals surface area contributed by atoms with Gasteiger partial charge in [0, 0.05) is 6.42 Å². The van der Waals surface area contributed by atoms with Crippen molar-refractivity contribution in [3.05, 3.63) is 29.8 Å². The van der Waals surface area contributed by atoms with Crippen molar-refractivity contribution in [2.45, 2.75) is 132 Å². The molecule has 0 amide bonds. The van der Waals surface area contributed by atoms with Gasteiger partial charge < -0.3 is 9.47 Å². The summed E-state index contributed by atoms with van der Waals surface area (Å²) in [6.07, 6.45) is 13.0. The highest BCUT2D eigenvalue weighted by molar-refractivity contribution is 5.29. The van der Waals surface area contributed by atoms with Crippen LogP contribution < -0.4 is 4.74 Å². The minimum Gasteiger partial charge on any atom is -0.465 e. The molecule has 2 unspecified atom stereocenters. The second-order valence-electron chi connectivity index (χ2n) is 9.29. The molecular formula is C29H54O2. The molecule has 1 aliphatic rings. The predicted molar refractivity (Wildman–Crippen MR) is 138 cm³/mol. The Morgan fingerprint density at radius 2 is 1.48 bits per heavy atom. The lowest BCUT2D eigenvalue weighted by Gasteiger charge is -2.24. The average Bonchev–Trinajstić information content (AvgIpc) is 2.80. The van der Waals surface area contributed by atoms with Gasteiger partial charge in [-0.2, -0.15) is 0 Å². The summed E-state index contributed by atoms with van der Waals surface area (Å²) < 4.78 is 12.3. The quantitative estimate of drug-likeness (QED) is 0.323. The van der Waals surface area contributed by atoms with Crippen LogP contribution >= 0.6 is 0 Å². The second kappa shape index (κ2) is 19.6. The Morgan fingerprint density at radius 1 is 0.903 bits per heavy atom. The first-order valence-corrected chi connectivity index (χ1v) is 13.4. The zero-order valence-corrected chi connectivity index (χ0v) is 22.2. The van der Waals surface area contributed by atoms with Gasteiger partial charge in [0.25, 0.3) is 0 Å². The number of hydrogen-bond acceptors (Lipinski definition) is 2. The van der Waals surface area contributed by atoms with Crippen molar-refractivity contribution in [3.8, 4) is 5.75 Å². The number of hydrogen-bond donors (Lipinski definition) is 0. The molecule has 0 aliphatic heterocycles. The summed E-state index contributed by atoms with van der Waals surface area (Å²) in [4.78, 5) is 0. The molecular weight excluding hydrogens is 380 g/mol. The van der Waals surface area contributed by atoms with Crippen molar-refractivity contribution in [1.29, 1.82) is 0 Å². The molecule has 1 aromatic carbocycles. The molecule has 0 heterocycles. The van der Waals surface area contributed by atoms with E-state index < -0.39 is 0 Å². The van der Waals surface area contributed by atoms with Crippen LogP contribution in [0.25, 0.3) is 0 Å². The van der Waals surface area contributed by atoms with Crippen LogP contribution in [0.15, 0.2) is 24.3 Å². The van der Waals surface area contributed by atoms with Crippen LogP contribution in [0.3, 0.4) is 0 Å². The van der Waals surface area contributed by atoms with E-state index >= 15 is 0 Å². The fourth-order valence-corrected chi connectivity index (χ4v) is 3.79. The summed E-state index contributed by atoms with van der Waals surface area (Å²) in [6.45, 7) is 17.9. The third-order valence-electron chi connectivity index (χ3n) is 5.72. The Labute approximate surface area is 195 Å². The SMILES string of the molecule is CC.CCC.CCC(C)c1ccc(OC(CCCC2CCCCC2)OCC(C)C)cc1. The third kappa shape index (κ3) is 14.6. The topological polar surface area (TPSA) is 18.5 Å². The highest BCUT2D eigenvalue weighted by Crippen LogP contribution is 2.29. The van der Waals surface area contributed by atoms with E-state index in [9.17, 15) is 0 Å².